The van der Waals surface area contributed by atoms with E-state index in [-0.39, 0.29) is 21.8 Å². The number of amides is 1. The van der Waals surface area contributed by atoms with Crippen molar-refractivity contribution >= 4 is 32.4 Å². The van der Waals surface area contributed by atoms with E-state index < -0.39 is 21.7 Å². The third kappa shape index (κ3) is 4.42. The van der Waals surface area contributed by atoms with E-state index in [2.05, 4.69) is 20.2 Å². The highest BCUT2D eigenvalue weighted by atomic mass is 32.2. The van der Waals surface area contributed by atoms with Crippen molar-refractivity contribution < 1.29 is 22.7 Å². The van der Waals surface area contributed by atoms with Crippen molar-refractivity contribution in [1.29, 1.82) is 0 Å². The lowest BCUT2D eigenvalue weighted by atomic mass is 9.90. The number of carbonyl (C=O) groups excluding carboxylic acids is 1. The van der Waals surface area contributed by atoms with Gasteiger partial charge < -0.3 is 14.8 Å². The first-order chi connectivity index (χ1) is 13.1. The number of hydrogen-bond donors (Lipinski definition) is 2. The average Bonchev–Trinajstić information content (AvgIpc) is 3.09. The number of nitrogens with zero attached hydrogens (tertiary/aromatic N) is 2. The molecule has 0 spiro atoms. The Balaban J connectivity index is 1.89. The number of nitrogens with one attached hydrogen (secondary N) is 2. The number of hydrogen-bond acceptors (Lipinski definition) is 8. The quantitative estimate of drug-likeness (QED) is 0.681. The van der Waals surface area contributed by atoms with E-state index in [1.165, 1.54) is 0 Å². The summed E-state index contributed by atoms with van der Waals surface area (Å²) in [6.45, 7) is 5.48. The molecule has 3 rings (SSSR count). The molecule has 0 saturated heterocycles. The second-order valence-electron chi connectivity index (χ2n) is 6.92. The summed E-state index contributed by atoms with van der Waals surface area (Å²) in [5.41, 5.74) is 0.127. The number of rotatable bonds is 6. The predicted octanol–water partition coefficient (Wildman–Crippen LogP) is 2.48. The first-order valence-electron chi connectivity index (χ1n) is 8.66. The van der Waals surface area contributed by atoms with Gasteiger partial charge in [-0.1, -0.05) is 18.3 Å². The molecule has 0 bridgehead atoms. The smallest absolute Gasteiger partial charge is 0.270 e. The molecule has 2 heterocycles. The summed E-state index contributed by atoms with van der Waals surface area (Å²) in [7, 11) is -2.40. The largest absolute Gasteiger partial charge is 0.497 e. The van der Waals surface area contributed by atoms with E-state index in [1.807, 2.05) is 13.8 Å². The van der Waals surface area contributed by atoms with Gasteiger partial charge in [0, 0.05) is 18.4 Å². The lowest BCUT2D eigenvalue weighted by Gasteiger charge is -2.37. The zero-order valence-electron chi connectivity index (χ0n) is 16.0. The number of fused-ring (bicyclic) bond motifs is 1. The SMILES string of the molecule is CCC(=O)Nc1nnc(S(=O)(=O)N[C@@H]2CC(C)(C)Oc3ccc(OC)cc32)s1. The molecule has 0 radical (unpaired) electrons. The molecule has 2 N–H and O–H groups in total. The van der Waals surface area contributed by atoms with Crippen molar-refractivity contribution in [3.8, 4) is 11.5 Å². The van der Waals surface area contributed by atoms with Crippen LogP contribution >= 0.6 is 11.3 Å². The molecule has 11 heteroatoms. The van der Waals surface area contributed by atoms with Gasteiger partial charge in [-0.05, 0) is 32.0 Å². The fraction of sp³-hybridized carbons (Fsp3) is 0.471. The van der Waals surface area contributed by atoms with Crippen LogP contribution in [0.2, 0.25) is 0 Å². The summed E-state index contributed by atoms with van der Waals surface area (Å²) < 4.78 is 39.4. The molecule has 1 atom stereocenters. The Labute approximate surface area is 167 Å². The van der Waals surface area contributed by atoms with E-state index in [0.717, 1.165) is 11.3 Å². The van der Waals surface area contributed by atoms with Crippen molar-refractivity contribution in [3.63, 3.8) is 0 Å². The molecule has 0 unspecified atom stereocenters. The van der Waals surface area contributed by atoms with Crippen molar-refractivity contribution in [2.24, 2.45) is 0 Å². The topological polar surface area (TPSA) is 120 Å². The lowest BCUT2D eigenvalue weighted by Crippen LogP contribution is -2.41. The normalized spacial score (nSPS) is 18.1. The summed E-state index contributed by atoms with van der Waals surface area (Å²) in [5, 5.41) is 10.1. The number of ether oxygens (including phenoxy) is 2. The molecule has 28 heavy (non-hydrogen) atoms. The van der Waals surface area contributed by atoms with Gasteiger partial charge in [-0.2, -0.15) is 0 Å². The summed E-state index contributed by atoms with van der Waals surface area (Å²) in [6, 6.07) is 4.75. The van der Waals surface area contributed by atoms with Crippen LogP contribution in [0, 0.1) is 0 Å². The monoisotopic (exact) mass is 426 g/mol. The van der Waals surface area contributed by atoms with Crippen molar-refractivity contribution in [2.75, 3.05) is 12.4 Å². The van der Waals surface area contributed by atoms with Crippen LogP contribution < -0.4 is 19.5 Å². The predicted molar refractivity (Wildman–Crippen MR) is 104 cm³/mol. The Kier molecular flexibility index (Phi) is 5.60. The molecule has 0 fully saturated rings. The van der Waals surface area contributed by atoms with Crippen LogP contribution in [-0.4, -0.2) is 37.2 Å². The molecule has 1 aliphatic heterocycles. The first-order valence-corrected chi connectivity index (χ1v) is 11.0. The van der Waals surface area contributed by atoms with E-state index in [1.54, 1.807) is 32.2 Å². The minimum atomic E-state index is -3.95. The third-order valence-corrected chi connectivity index (χ3v) is 6.85. The summed E-state index contributed by atoms with van der Waals surface area (Å²) in [6.07, 6.45) is 0.681. The van der Waals surface area contributed by atoms with Crippen molar-refractivity contribution in [2.45, 2.75) is 49.6 Å². The van der Waals surface area contributed by atoms with Crippen LogP contribution in [0.4, 0.5) is 5.13 Å². The number of sulfonamides is 1. The maximum Gasteiger partial charge on any atom is 0.270 e. The van der Waals surface area contributed by atoms with Crippen LogP contribution in [0.5, 0.6) is 11.5 Å². The summed E-state index contributed by atoms with van der Waals surface area (Å²) in [4.78, 5) is 11.5. The Morgan fingerprint density at radius 1 is 1.39 bits per heavy atom. The minimum absolute atomic E-state index is 0.140. The van der Waals surface area contributed by atoms with E-state index >= 15 is 0 Å². The molecule has 152 valence electrons. The number of aromatic nitrogens is 2. The van der Waals surface area contributed by atoms with Gasteiger partial charge in [0.25, 0.3) is 10.0 Å². The Morgan fingerprint density at radius 3 is 2.82 bits per heavy atom. The van der Waals surface area contributed by atoms with Crippen molar-refractivity contribution in [3.05, 3.63) is 23.8 Å². The fourth-order valence-corrected chi connectivity index (χ4v) is 5.03. The molecular weight excluding hydrogens is 404 g/mol. The van der Waals surface area contributed by atoms with Gasteiger partial charge in [0.05, 0.1) is 13.2 Å². The zero-order valence-corrected chi connectivity index (χ0v) is 17.6. The minimum Gasteiger partial charge on any atom is -0.497 e. The highest BCUT2D eigenvalue weighted by Crippen LogP contribution is 2.41. The molecule has 0 aliphatic carbocycles. The molecule has 0 saturated carbocycles. The fourth-order valence-electron chi connectivity index (χ4n) is 2.88. The Bertz CT molecular complexity index is 987. The number of methoxy groups -OCH3 is 1. The number of carbonyl (C=O) groups is 1. The molecular formula is C17H22N4O5S2. The maximum atomic E-state index is 12.9. The summed E-state index contributed by atoms with van der Waals surface area (Å²) >= 11 is 0.800. The average molecular weight is 427 g/mol. The Morgan fingerprint density at radius 2 is 2.14 bits per heavy atom. The highest BCUT2D eigenvalue weighted by Gasteiger charge is 2.37. The van der Waals surface area contributed by atoms with Gasteiger partial charge in [-0.25, -0.2) is 13.1 Å². The molecule has 1 amide bonds. The van der Waals surface area contributed by atoms with Crippen LogP contribution in [0.15, 0.2) is 22.5 Å². The molecule has 9 nitrogen and oxygen atoms in total. The lowest BCUT2D eigenvalue weighted by molar-refractivity contribution is -0.115. The second-order valence-corrected chi connectivity index (χ2v) is 9.78. The van der Waals surface area contributed by atoms with Crippen molar-refractivity contribution in [1.82, 2.24) is 14.9 Å². The summed E-state index contributed by atoms with van der Waals surface area (Å²) in [5.74, 6) is 0.935. The van der Waals surface area contributed by atoms with Gasteiger partial charge in [0.2, 0.25) is 15.4 Å². The molecule has 1 aliphatic rings. The zero-order chi connectivity index (χ0) is 20.5. The molecule has 1 aromatic heterocycles. The van der Waals surface area contributed by atoms with E-state index in [9.17, 15) is 13.2 Å². The van der Waals surface area contributed by atoms with Crippen LogP contribution in [0.25, 0.3) is 0 Å². The number of anilines is 1. The van der Waals surface area contributed by atoms with Gasteiger partial charge in [-0.3, -0.25) is 4.79 Å². The highest BCUT2D eigenvalue weighted by molar-refractivity contribution is 7.91. The van der Waals surface area contributed by atoms with Crippen LogP contribution in [0.1, 0.15) is 45.2 Å². The van der Waals surface area contributed by atoms with Gasteiger partial charge >= 0.3 is 0 Å². The number of benzene rings is 1. The van der Waals surface area contributed by atoms with E-state index in [0.29, 0.717) is 23.5 Å². The Hall–Kier alpha value is -2.24. The third-order valence-electron chi connectivity index (χ3n) is 4.18. The van der Waals surface area contributed by atoms with Gasteiger partial charge in [0.15, 0.2) is 0 Å². The first kappa shape index (κ1) is 20.5. The van der Waals surface area contributed by atoms with E-state index in [4.69, 9.17) is 9.47 Å². The van der Waals surface area contributed by atoms with Gasteiger partial charge in [0.1, 0.15) is 17.1 Å². The standard InChI is InChI=1S/C17H22N4O5S2/c1-5-14(22)18-15-19-20-16(27-15)28(23,24)21-12-9-17(2,3)26-13-7-6-10(25-4)8-11(12)13/h6-8,12,21H,5,9H2,1-4H3,(H,18,19,22)/t12-/m1/s1. The second kappa shape index (κ2) is 7.64. The van der Waals surface area contributed by atoms with Crippen LogP contribution in [-0.2, 0) is 14.8 Å². The molecule has 1 aromatic carbocycles. The molecule has 2 aromatic rings. The maximum absolute atomic E-state index is 12.9. The van der Waals surface area contributed by atoms with Crippen LogP contribution in [0.3, 0.4) is 0 Å². The van der Waals surface area contributed by atoms with Gasteiger partial charge in [-0.15, -0.1) is 10.2 Å².